The van der Waals surface area contributed by atoms with Crippen LogP contribution in [0.5, 0.6) is 0 Å². The zero-order chi connectivity index (χ0) is 16.9. The van der Waals surface area contributed by atoms with Gasteiger partial charge in [-0.25, -0.2) is 9.59 Å². The number of hydrogen-bond donors (Lipinski definition) is 1. The van der Waals surface area contributed by atoms with Crippen molar-refractivity contribution in [2.45, 2.75) is 19.4 Å². The first-order chi connectivity index (χ1) is 10.7. The second-order valence-electron chi connectivity index (χ2n) is 6.03. The van der Waals surface area contributed by atoms with Gasteiger partial charge in [-0.2, -0.15) is 0 Å². The van der Waals surface area contributed by atoms with E-state index >= 15 is 0 Å². The van der Waals surface area contributed by atoms with Crippen molar-refractivity contribution in [3.8, 4) is 0 Å². The first-order valence-corrected chi connectivity index (χ1v) is 7.15. The summed E-state index contributed by atoms with van der Waals surface area (Å²) >= 11 is 0. The highest BCUT2D eigenvalue weighted by molar-refractivity contribution is 6.03. The maximum atomic E-state index is 12.7. The van der Waals surface area contributed by atoms with Crippen molar-refractivity contribution in [3.05, 3.63) is 28.7 Å². The molecule has 1 aliphatic rings. The summed E-state index contributed by atoms with van der Waals surface area (Å²) in [5, 5.41) is 9.23. The van der Waals surface area contributed by atoms with Crippen LogP contribution in [0.1, 0.15) is 13.8 Å². The number of anilines is 1. The molecule has 3 rings (SSSR count). The molecular formula is C15H17N3O5. The molecule has 0 atom stereocenters. The fourth-order valence-corrected chi connectivity index (χ4v) is 2.90. The molecule has 2 amide bonds. The van der Waals surface area contributed by atoms with Gasteiger partial charge in [-0.05, 0) is 26.0 Å². The summed E-state index contributed by atoms with van der Waals surface area (Å²) in [5.74, 6) is -0.789. The molecule has 1 N–H and O–H groups in total. The Bertz CT molecular complexity index is 864. The average molecular weight is 319 g/mol. The van der Waals surface area contributed by atoms with Gasteiger partial charge in [0.25, 0.3) is 5.91 Å². The number of carbonyl (C=O) groups excluding carboxylic acids is 1. The Hall–Kier alpha value is -2.77. The topological polar surface area (TPSA) is 96.0 Å². The van der Waals surface area contributed by atoms with E-state index in [9.17, 15) is 19.5 Å². The molecule has 1 aromatic heterocycles. The van der Waals surface area contributed by atoms with E-state index in [1.165, 1.54) is 9.47 Å². The lowest BCUT2D eigenvalue weighted by atomic mass is 9.97. The molecule has 2 aromatic rings. The standard InChI is InChI=1S/C15H17N3O5/c1-15(2)12(19)17(6-7-18(15)13(20)21)9-4-5-10-11(8-9)23-14(22)16(10)3/h4-5,8H,6-7H2,1-3H3,(H,20,21). The van der Waals surface area contributed by atoms with Crippen LogP contribution in [0, 0.1) is 0 Å². The van der Waals surface area contributed by atoms with Gasteiger partial charge in [0.05, 0.1) is 5.52 Å². The predicted octanol–water partition coefficient (Wildman–Crippen LogP) is 1.24. The summed E-state index contributed by atoms with van der Waals surface area (Å²) in [6.07, 6.45) is -1.12. The monoisotopic (exact) mass is 319 g/mol. The number of benzene rings is 1. The number of amides is 2. The number of carboxylic acid groups (broad SMARTS) is 1. The van der Waals surface area contributed by atoms with Crippen LogP contribution in [0.4, 0.5) is 10.5 Å². The smallest absolute Gasteiger partial charge is 0.419 e. The maximum absolute atomic E-state index is 12.7. The molecule has 23 heavy (non-hydrogen) atoms. The van der Waals surface area contributed by atoms with Crippen molar-refractivity contribution in [1.29, 1.82) is 0 Å². The van der Waals surface area contributed by atoms with Crippen LogP contribution in [0.25, 0.3) is 11.1 Å². The molecule has 0 unspecified atom stereocenters. The minimum absolute atomic E-state index is 0.213. The molecule has 0 radical (unpaired) electrons. The lowest BCUT2D eigenvalue weighted by Crippen LogP contribution is -2.64. The van der Waals surface area contributed by atoms with Gasteiger partial charge in [-0.1, -0.05) is 0 Å². The number of aryl methyl sites for hydroxylation is 1. The van der Waals surface area contributed by atoms with Crippen LogP contribution in [0.3, 0.4) is 0 Å². The third-order valence-electron chi connectivity index (χ3n) is 4.31. The van der Waals surface area contributed by atoms with Crippen LogP contribution >= 0.6 is 0 Å². The van der Waals surface area contributed by atoms with Crippen LogP contribution in [0.15, 0.2) is 27.4 Å². The second kappa shape index (κ2) is 4.87. The molecule has 122 valence electrons. The molecule has 1 saturated heterocycles. The Morgan fingerprint density at radius 3 is 2.61 bits per heavy atom. The van der Waals surface area contributed by atoms with Crippen molar-refractivity contribution >= 4 is 28.8 Å². The number of nitrogens with zero attached hydrogens (tertiary/aromatic N) is 3. The molecule has 8 nitrogen and oxygen atoms in total. The molecule has 8 heteroatoms. The van der Waals surface area contributed by atoms with E-state index in [2.05, 4.69) is 0 Å². The van der Waals surface area contributed by atoms with Gasteiger partial charge in [0.1, 0.15) is 5.54 Å². The summed E-state index contributed by atoms with van der Waals surface area (Å²) in [7, 11) is 1.60. The van der Waals surface area contributed by atoms with Gasteiger partial charge < -0.3 is 14.4 Å². The molecule has 0 spiro atoms. The predicted molar refractivity (Wildman–Crippen MR) is 82.6 cm³/mol. The largest absolute Gasteiger partial charge is 0.465 e. The number of hydrogen-bond acceptors (Lipinski definition) is 4. The first kappa shape index (κ1) is 15.1. The Balaban J connectivity index is 2.01. The van der Waals surface area contributed by atoms with E-state index < -0.39 is 17.4 Å². The number of oxazole rings is 1. The molecule has 0 saturated carbocycles. The van der Waals surface area contributed by atoms with Gasteiger partial charge in [-0.3, -0.25) is 14.3 Å². The molecule has 1 aromatic carbocycles. The minimum Gasteiger partial charge on any atom is -0.465 e. The SMILES string of the molecule is Cn1c(=O)oc2cc(N3CCN(C(=O)O)C(C)(C)C3=O)ccc21. The van der Waals surface area contributed by atoms with E-state index in [4.69, 9.17) is 4.42 Å². The number of rotatable bonds is 1. The minimum atomic E-state index is -1.16. The Morgan fingerprint density at radius 2 is 1.96 bits per heavy atom. The quantitative estimate of drug-likeness (QED) is 0.853. The van der Waals surface area contributed by atoms with Crippen LogP contribution in [0.2, 0.25) is 0 Å². The highest BCUT2D eigenvalue weighted by atomic mass is 16.4. The number of carbonyl (C=O) groups is 2. The van der Waals surface area contributed by atoms with E-state index in [1.54, 1.807) is 39.1 Å². The third-order valence-corrected chi connectivity index (χ3v) is 4.31. The van der Waals surface area contributed by atoms with Gasteiger partial charge in [0.2, 0.25) is 0 Å². The lowest BCUT2D eigenvalue weighted by Gasteiger charge is -2.44. The Labute approximate surface area is 131 Å². The lowest BCUT2D eigenvalue weighted by molar-refractivity contribution is -0.130. The van der Waals surface area contributed by atoms with Crippen molar-refractivity contribution < 1.29 is 19.1 Å². The zero-order valence-electron chi connectivity index (χ0n) is 13.1. The second-order valence-corrected chi connectivity index (χ2v) is 6.03. The molecule has 1 fully saturated rings. The average Bonchev–Trinajstić information content (AvgIpc) is 2.76. The maximum Gasteiger partial charge on any atom is 0.419 e. The summed E-state index contributed by atoms with van der Waals surface area (Å²) in [5.41, 5.74) is 0.446. The van der Waals surface area contributed by atoms with Crippen molar-refractivity contribution in [2.75, 3.05) is 18.0 Å². The number of piperazine rings is 1. The van der Waals surface area contributed by atoms with E-state index in [0.29, 0.717) is 16.8 Å². The zero-order valence-corrected chi connectivity index (χ0v) is 13.1. The Kier molecular flexibility index (Phi) is 3.20. The Morgan fingerprint density at radius 1 is 1.26 bits per heavy atom. The van der Waals surface area contributed by atoms with Gasteiger partial charge >= 0.3 is 11.8 Å². The summed E-state index contributed by atoms with van der Waals surface area (Å²) in [6, 6.07) is 5.06. The number of aromatic nitrogens is 1. The molecule has 0 aliphatic carbocycles. The van der Waals surface area contributed by atoms with Crippen molar-refractivity contribution in [2.24, 2.45) is 7.05 Å². The molecule has 0 bridgehead atoms. The van der Waals surface area contributed by atoms with E-state index in [0.717, 1.165) is 4.90 Å². The summed E-state index contributed by atoms with van der Waals surface area (Å²) in [6.45, 7) is 3.62. The summed E-state index contributed by atoms with van der Waals surface area (Å²) in [4.78, 5) is 38.2. The van der Waals surface area contributed by atoms with Crippen LogP contribution in [-0.2, 0) is 11.8 Å². The van der Waals surface area contributed by atoms with E-state index in [1.807, 2.05) is 0 Å². The van der Waals surface area contributed by atoms with E-state index in [-0.39, 0.29) is 19.0 Å². The van der Waals surface area contributed by atoms with Gasteiger partial charge in [-0.15, -0.1) is 0 Å². The normalized spacial score (nSPS) is 17.8. The van der Waals surface area contributed by atoms with Gasteiger partial charge in [0.15, 0.2) is 5.58 Å². The molecule has 2 heterocycles. The first-order valence-electron chi connectivity index (χ1n) is 7.15. The highest BCUT2D eigenvalue weighted by Gasteiger charge is 2.44. The van der Waals surface area contributed by atoms with Crippen molar-refractivity contribution in [3.63, 3.8) is 0 Å². The summed E-state index contributed by atoms with van der Waals surface area (Å²) < 4.78 is 6.52. The van der Waals surface area contributed by atoms with Crippen LogP contribution in [-0.4, -0.2) is 45.2 Å². The third kappa shape index (κ3) is 2.18. The fraction of sp³-hybridized carbons (Fsp3) is 0.400. The van der Waals surface area contributed by atoms with Crippen LogP contribution < -0.4 is 10.7 Å². The number of fused-ring (bicyclic) bond motifs is 1. The van der Waals surface area contributed by atoms with Gasteiger partial charge in [0, 0.05) is 31.9 Å². The van der Waals surface area contributed by atoms with Crippen molar-refractivity contribution in [1.82, 2.24) is 9.47 Å². The highest BCUT2D eigenvalue weighted by Crippen LogP contribution is 2.29. The molecule has 1 aliphatic heterocycles. The molecular weight excluding hydrogens is 302 g/mol. The fourth-order valence-electron chi connectivity index (χ4n) is 2.90.